The van der Waals surface area contributed by atoms with Gasteiger partial charge in [-0.15, -0.1) is 0 Å². The summed E-state index contributed by atoms with van der Waals surface area (Å²) in [7, 11) is 0. The zero-order valence-corrected chi connectivity index (χ0v) is 17.7. The Morgan fingerprint density at radius 3 is 2.56 bits per heavy atom. The molecule has 2 aliphatic rings. The van der Waals surface area contributed by atoms with Crippen LogP contribution in [0.2, 0.25) is 5.02 Å². The van der Waals surface area contributed by atoms with Gasteiger partial charge in [0.1, 0.15) is 13.2 Å². The third-order valence-corrected chi connectivity index (χ3v) is 4.82. The van der Waals surface area contributed by atoms with E-state index in [4.69, 9.17) is 35.3 Å². The fourth-order valence-corrected chi connectivity index (χ4v) is 3.37. The predicted octanol–water partition coefficient (Wildman–Crippen LogP) is 3.24. The van der Waals surface area contributed by atoms with E-state index in [0.29, 0.717) is 46.8 Å². The van der Waals surface area contributed by atoms with Gasteiger partial charge >= 0.3 is 5.97 Å². The Hall–Kier alpha value is -3.72. The zero-order valence-electron chi connectivity index (χ0n) is 16.9. The summed E-state index contributed by atoms with van der Waals surface area (Å²) in [5.41, 5.74) is 1.10. The number of fused-ring (bicyclic) bond motifs is 2. The summed E-state index contributed by atoms with van der Waals surface area (Å²) in [6, 6.07) is 6.28. The average molecular weight is 460 g/mol. The number of ether oxygens (including phenoxy) is 5. The van der Waals surface area contributed by atoms with Crippen LogP contribution in [0.3, 0.4) is 0 Å². The number of hydrogen-bond acceptors (Lipinski definition) is 8. The molecular formula is C22H18ClNO8. The van der Waals surface area contributed by atoms with Gasteiger partial charge in [-0.25, -0.2) is 4.79 Å². The van der Waals surface area contributed by atoms with Crippen LogP contribution < -0.4 is 24.3 Å². The summed E-state index contributed by atoms with van der Waals surface area (Å²) < 4.78 is 26.4. The minimum atomic E-state index is -0.733. The van der Waals surface area contributed by atoms with E-state index < -0.39 is 18.5 Å². The first-order valence-electron chi connectivity index (χ1n) is 9.59. The van der Waals surface area contributed by atoms with E-state index >= 15 is 0 Å². The summed E-state index contributed by atoms with van der Waals surface area (Å²) in [4.78, 5) is 36.1. The lowest BCUT2D eigenvalue weighted by Gasteiger charge is -2.19. The Morgan fingerprint density at radius 1 is 1.03 bits per heavy atom. The quantitative estimate of drug-likeness (QED) is 0.398. The Balaban J connectivity index is 1.35. The van der Waals surface area contributed by atoms with Crippen molar-refractivity contribution in [2.24, 2.45) is 0 Å². The number of benzene rings is 2. The van der Waals surface area contributed by atoms with Crippen molar-refractivity contribution in [2.75, 3.05) is 31.9 Å². The van der Waals surface area contributed by atoms with Crippen LogP contribution in [0.25, 0.3) is 6.08 Å². The normalized spacial score (nSPS) is 13.7. The highest BCUT2D eigenvalue weighted by atomic mass is 35.5. The number of hydrogen-bond donors (Lipinski definition) is 1. The van der Waals surface area contributed by atoms with Crippen LogP contribution in [0.1, 0.15) is 22.8 Å². The minimum Gasteiger partial charge on any atom is -0.486 e. The van der Waals surface area contributed by atoms with Crippen LogP contribution >= 0.6 is 11.6 Å². The molecule has 0 spiro atoms. The van der Waals surface area contributed by atoms with Crippen LogP contribution in [-0.2, 0) is 14.3 Å². The fourth-order valence-electron chi connectivity index (χ4n) is 3.10. The van der Waals surface area contributed by atoms with E-state index in [1.54, 1.807) is 12.1 Å². The number of rotatable bonds is 6. The molecular weight excluding hydrogens is 442 g/mol. The van der Waals surface area contributed by atoms with E-state index in [2.05, 4.69) is 5.32 Å². The number of nitrogens with one attached hydrogen (secondary N) is 1. The molecule has 2 aromatic rings. The molecule has 4 rings (SSSR count). The third kappa shape index (κ3) is 4.78. The third-order valence-electron chi connectivity index (χ3n) is 4.54. The Kier molecular flexibility index (Phi) is 6.18. The average Bonchev–Trinajstić information content (AvgIpc) is 3.23. The largest absolute Gasteiger partial charge is 0.486 e. The summed E-state index contributed by atoms with van der Waals surface area (Å²) in [5, 5.41) is 2.91. The van der Waals surface area contributed by atoms with E-state index in [9.17, 15) is 14.4 Å². The van der Waals surface area contributed by atoms with Crippen LogP contribution in [0.5, 0.6) is 23.0 Å². The fraction of sp³-hybridized carbons (Fsp3) is 0.227. The number of anilines is 1. The van der Waals surface area contributed by atoms with Crippen LogP contribution in [0.4, 0.5) is 5.69 Å². The monoisotopic (exact) mass is 459 g/mol. The minimum absolute atomic E-state index is 0.0304. The maximum atomic E-state index is 12.2. The van der Waals surface area contributed by atoms with E-state index in [-0.39, 0.29) is 23.8 Å². The first-order chi connectivity index (χ1) is 15.4. The molecule has 1 amide bonds. The Labute approximate surface area is 187 Å². The van der Waals surface area contributed by atoms with Crippen molar-refractivity contribution in [3.05, 3.63) is 46.5 Å². The SMILES string of the molecule is CC(=O)c1cc2c(cc1NC(=O)COC(=O)/C=C/c1cc(Cl)c3c(c1)OCCO3)OCO2. The molecule has 0 saturated heterocycles. The Morgan fingerprint density at radius 2 is 1.78 bits per heavy atom. The maximum absolute atomic E-state index is 12.2. The highest BCUT2D eigenvalue weighted by Crippen LogP contribution is 2.39. The van der Waals surface area contributed by atoms with Crippen molar-refractivity contribution in [3.63, 3.8) is 0 Å². The molecule has 0 unspecified atom stereocenters. The molecule has 166 valence electrons. The van der Waals surface area contributed by atoms with Gasteiger partial charge in [-0.1, -0.05) is 11.6 Å². The number of halogens is 1. The molecule has 0 bridgehead atoms. The van der Waals surface area contributed by atoms with Crippen molar-refractivity contribution in [1.29, 1.82) is 0 Å². The number of ketones is 1. The van der Waals surface area contributed by atoms with Gasteiger partial charge in [0.05, 0.1) is 10.7 Å². The molecule has 2 aliphatic heterocycles. The highest BCUT2D eigenvalue weighted by Gasteiger charge is 2.21. The van der Waals surface area contributed by atoms with Gasteiger partial charge in [0.2, 0.25) is 6.79 Å². The van der Waals surface area contributed by atoms with Crippen molar-refractivity contribution in [1.82, 2.24) is 0 Å². The summed E-state index contributed by atoms with van der Waals surface area (Å²) in [5.74, 6) is 0.159. The lowest BCUT2D eigenvalue weighted by Crippen LogP contribution is -2.21. The summed E-state index contributed by atoms with van der Waals surface area (Å²) >= 11 is 6.16. The second kappa shape index (κ2) is 9.19. The smallest absolute Gasteiger partial charge is 0.331 e. The van der Waals surface area contributed by atoms with Crippen molar-refractivity contribution in [3.8, 4) is 23.0 Å². The van der Waals surface area contributed by atoms with Crippen LogP contribution in [0, 0.1) is 0 Å². The molecule has 9 nitrogen and oxygen atoms in total. The van der Waals surface area contributed by atoms with Gasteiger partial charge in [-0.05, 0) is 36.8 Å². The second-order valence-electron chi connectivity index (χ2n) is 6.82. The molecule has 2 heterocycles. The lowest BCUT2D eigenvalue weighted by molar-refractivity contribution is -0.142. The number of amides is 1. The first kappa shape index (κ1) is 21.5. The van der Waals surface area contributed by atoms with Gasteiger partial charge in [-0.3, -0.25) is 9.59 Å². The molecule has 0 aliphatic carbocycles. The molecule has 2 aromatic carbocycles. The van der Waals surface area contributed by atoms with Crippen molar-refractivity contribution in [2.45, 2.75) is 6.92 Å². The maximum Gasteiger partial charge on any atom is 0.331 e. The second-order valence-corrected chi connectivity index (χ2v) is 7.23. The first-order valence-corrected chi connectivity index (χ1v) is 9.97. The Bertz CT molecular complexity index is 1130. The van der Waals surface area contributed by atoms with Gasteiger partial charge in [0.15, 0.2) is 35.4 Å². The number of Topliss-reactive ketones (excluding diaryl/α,β-unsaturated/α-hetero) is 1. The van der Waals surface area contributed by atoms with E-state index in [1.807, 2.05) is 0 Å². The topological polar surface area (TPSA) is 109 Å². The number of carbonyl (C=O) groups excluding carboxylic acids is 3. The van der Waals surface area contributed by atoms with Gasteiger partial charge in [0, 0.05) is 17.7 Å². The van der Waals surface area contributed by atoms with Crippen molar-refractivity contribution < 1.29 is 38.1 Å². The summed E-state index contributed by atoms with van der Waals surface area (Å²) in [6.45, 7) is 1.67. The van der Waals surface area contributed by atoms with E-state index in [0.717, 1.165) is 6.08 Å². The lowest BCUT2D eigenvalue weighted by atomic mass is 10.1. The molecule has 0 aromatic heterocycles. The van der Waals surface area contributed by atoms with Crippen LogP contribution in [-0.4, -0.2) is 44.3 Å². The van der Waals surface area contributed by atoms with Crippen molar-refractivity contribution >= 4 is 41.0 Å². The predicted molar refractivity (Wildman–Crippen MR) is 114 cm³/mol. The molecule has 0 fully saturated rings. The van der Waals surface area contributed by atoms with Gasteiger partial charge < -0.3 is 29.0 Å². The van der Waals surface area contributed by atoms with Gasteiger partial charge in [-0.2, -0.15) is 0 Å². The van der Waals surface area contributed by atoms with Crippen LogP contribution in [0.15, 0.2) is 30.3 Å². The number of carbonyl (C=O) groups is 3. The molecule has 10 heteroatoms. The highest BCUT2D eigenvalue weighted by molar-refractivity contribution is 6.32. The molecule has 1 N–H and O–H groups in total. The molecule has 0 radical (unpaired) electrons. The number of esters is 1. The molecule has 32 heavy (non-hydrogen) atoms. The molecule has 0 atom stereocenters. The molecule has 0 saturated carbocycles. The standard InChI is InChI=1S/C22H18ClNO8/c1-12(25)14-8-17-18(32-11-31-17)9-16(14)24-20(26)10-30-21(27)3-2-13-6-15(23)22-19(7-13)28-4-5-29-22/h2-3,6-9H,4-5,10-11H2,1H3,(H,24,26)/b3-2+. The summed E-state index contributed by atoms with van der Waals surface area (Å²) in [6.07, 6.45) is 2.65. The zero-order chi connectivity index (χ0) is 22.7. The van der Waals surface area contributed by atoms with E-state index in [1.165, 1.54) is 25.1 Å². The van der Waals surface area contributed by atoms with Gasteiger partial charge in [0.25, 0.3) is 5.91 Å².